The SMILES string of the molecule is CC(C)OC(=O)CCC/C=C\C[C@@H]1[C@H](CO[Si](C)(C)C(C)(C)C)[C@H](OC2CCCCO2)C[C@@H]1O. The Hall–Kier alpha value is -0.733. The van der Waals surface area contributed by atoms with E-state index in [9.17, 15) is 9.90 Å². The fourth-order valence-electron chi connectivity index (χ4n) is 4.46. The Morgan fingerprint density at radius 3 is 2.53 bits per heavy atom. The first-order valence-electron chi connectivity index (χ1n) is 13.3. The van der Waals surface area contributed by atoms with Crippen LogP contribution in [0.5, 0.6) is 0 Å². The van der Waals surface area contributed by atoms with Gasteiger partial charge in [-0.15, -0.1) is 0 Å². The fraction of sp³-hybridized carbons (Fsp3) is 0.889. The number of carbonyl (C=O) groups excluding carboxylic acids is 1. The van der Waals surface area contributed by atoms with Crippen LogP contribution in [0.4, 0.5) is 0 Å². The zero-order chi connectivity index (χ0) is 25.4. The molecule has 0 bridgehead atoms. The van der Waals surface area contributed by atoms with Crippen molar-refractivity contribution in [3.05, 3.63) is 12.2 Å². The predicted octanol–water partition coefficient (Wildman–Crippen LogP) is 5.99. The summed E-state index contributed by atoms with van der Waals surface area (Å²) in [5.41, 5.74) is 0. The Bertz CT molecular complexity index is 636. The molecule has 34 heavy (non-hydrogen) atoms. The Morgan fingerprint density at radius 1 is 1.18 bits per heavy atom. The second-order valence-electron chi connectivity index (χ2n) is 11.8. The molecule has 198 valence electrons. The maximum atomic E-state index is 11.7. The van der Waals surface area contributed by atoms with E-state index in [4.69, 9.17) is 18.6 Å². The lowest BCUT2D eigenvalue weighted by atomic mass is 9.91. The van der Waals surface area contributed by atoms with E-state index >= 15 is 0 Å². The first kappa shape index (κ1) is 29.5. The van der Waals surface area contributed by atoms with Gasteiger partial charge in [-0.3, -0.25) is 4.79 Å². The summed E-state index contributed by atoms with van der Waals surface area (Å²) in [6.45, 7) is 16.4. The van der Waals surface area contributed by atoms with E-state index < -0.39 is 14.4 Å². The molecule has 1 aliphatic carbocycles. The first-order chi connectivity index (χ1) is 15.9. The minimum absolute atomic E-state index is 0.0490. The largest absolute Gasteiger partial charge is 0.463 e. The van der Waals surface area contributed by atoms with Crippen LogP contribution in [0.3, 0.4) is 0 Å². The summed E-state index contributed by atoms with van der Waals surface area (Å²) in [6.07, 6.45) is 10.2. The molecule has 6 nitrogen and oxygen atoms in total. The van der Waals surface area contributed by atoms with Crippen molar-refractivity contribution in [1.29, 1.82) is 0 Å². The van der Waals surface area contributed by atoms with E-state index in [-0.39, 0.29) is 41.3 Å². The van der Waals surface area contributed by atoms with Crippen LogP contribution in [-0.4, -0.2) is 57.2 Å². The van der Waals surface area contributed by atoms with Gasteiger partial charge >= 0.3 is 5.97 Å². The first-order valence-corrected chi connectivity index (χ1v) is 16.2. The number of hydrogen-bond acceptors (Lipinski definition) is 6. The second kappa shape index (κ2) is 13.5. The second-order valence-corrected chi connectivity index (χ2v) is 16.6. The number of allylic oxidation sites excluding steroid dienone is 2. The van der Waals surface area contributed by atoms with Gasteiger partial charge in [-0.05, 0) is 76.4 Å². The van der Waals surface area contributed by atoms with Gasteiger partial charge in [0.15, 0.2) is 14.6 Å². The van der Waals surface area contributed by atoms with E-state index in [0.29, 0.717) is 19.4 Å². The average molecular weight is 499 g/mol. The van der Waals surface area contributed by atoms with E-state index in [1.807, 2.05) is 13.8 Å². The van der Waals surface area contributed by atoms with Crippen LogP contribution in [0, 0.1) is 11.8 Å². The number of rotatable bonds is 12. The summed E-state index contributed by atoms with van der Waals surface area (Å²) in [7, 11) is -1.91. The van der Waals surface area contributed by atoms with E-state index in [2.05, 4.69) is 46.0 Å². The van der Waals surface area contributed by atoms with Crippen LogP contribution in [0.2, 0.25) is 18.1 Å². The maximum Gasteiger partial charge on any atom is 0.306 e. The molecular formula is C27H50O6Si. The molecule has 1 aliphatic heterocycles. The maximum absolute atomic E-state index is 11.7. The number of aliphatic hydroxyl groups excluding tert-OH is 1. The molecule has 0 radical (unpaired) electrons. The molecular weight excluding hydrogens is 448 g/mol. The highest BCUT2D eigenvalue weighted by atomic mass is 28.4. The third-order valence-electron chi connectivity index (χ3n) is 7.60. The molecule has 5 atom stereocenters. The van der Waals surface area contributed by atoms with E-state index in [1.165, 1.54) is 0 Å². The Labute approximate surface area is 208 Å². The predicted molar refractivity (Wildman–Crippen MR) is 138 cm³/mol. The van der Waals surface area contributed by atoms with Crippen LogP contribution in [0.1, 0.15) is 86.0 Å². The zero-order valence-corrected chi connectivity index (χ0v) is 23.7. The minimum Gasteiger partial charge on any atom is -0.463 e. The highest BCUT2D eigenvalue weighted by Gasteiger charge is 2.46. The summed E-state index contributed by atoms with van der Waals surface area (Å²) < 4.78 is 24.0. The third kappa shape index (κ3) is 9.38. The lowest BCUT2D eigenvalue weighted by Crippen LogP contribution is -2.44. The monoisotopic (exact) mass is 498 g/mol. The molecule has 2 aliphatic rings. The summed E-state index contributed by atoms with van der Waals surface area (Å²) in [6, 6.07) is 0. The summed E-state index contributed by atoms with van der Waals surface area (Å²) in [4.78, 5) is 11.7. The number of hydrogen-bond donors (Lipinski definition) is 1. The Kier molecular flexibility index (Phi) is 11.7. The van der Waals surface area contributed by atoms with Gasteiger partial charge in [0.05, 0.1) is 18.3 Å². The molecule has 2 rings (SSSR count). The Balaban J connectivity index is 1.95. The van der Waals surface area contributed by atoms with Gasteiger partial charge in [0.25, 0.3) is 0 Å². The van der Waals surface area contributed by atoms with Crippen LogP contribution in [0.15, 0.2) is 12.2 Å². The van der Waals surface area contributed by atoms with Crippen LogP contribution in [0.25, 0.3) is 0 Å². The lowest BCUT2D eigenvalue weighted by Gasteiger charge is -2.38. The number of esters is 1. The lowest BCUT2D eigenvalue weighted by molar-refractivity contribution is -0.197. The van der Waals surface area contributed by atoms with E-state index in [0.717, 1.165) is 45.1 Å². The molecule has 1 heterocycles. The van der Waals surface area contributed by atoms with Gasteiger partial charge in [-0.25, -0.2) is 0 Å². The van der Waals surface area contributed by atoms with Crippen LogP contribution < -0.4 is 0 Å². The standard InChI is InChI=1S/C27H50O6Si/c1-20(2)32-25(29)15-11-9-8-10-14-21-22(19-31-34(6,7)27(3,4)5)24(18-23(21)28)33-26-16-12-13-17-30-26/h8,10,20-24,26,28H,9,11-19H2,1-7H3/b10-8-/t21-,22+,23+,24-,26?/m1/s1. The van der Waals surface area contributed by atoms with Gasteiger partial charge < -0.3 is 23.7 Å². The van der Waals surface area contributed by atoms with Crippen molar-refractivity contribution in [3.8, 4) is 0 Å². The highest BCUT2D eigenvalue weighted by molar-refractivity contribution is 6.74. The smallest absolute Gasteiger partial charge is 0.306 e. The molecule has 1 saturated carbocycles. The van der Waals surface area contributed by atoms with Gasteiger partial charge in [0, 0.05) is 32.0 Å². The minimum atomic E-state index is -1.91. The molecule has 0 spiro atoms. The molecule has 1 unspecified atom stereocenters. The molecule has 1 N–H and O–H groups in total. The zero-order valence-electron chi connectivity index (χ0n) is 22.7. The van der Waals surface area contributed by atoms with Crippen LogP contribution in [-0.2, 0) is 23.4 Å². The van der Waals surface area contributed by atoms with Crippen molar-refractivity contribution in [2.75, 3.05) is 13.2 Å². The molecule has 7 heteroatoms. The van der Waals surface area contributed by atoms with Gasteiger partial charge in [-0.2, -0.15) is 0 Å². The van der Waals surface area contributed by atoms with Crippen molar-refractivity contribution in [3.63, 3.8) is 0 Å². The normalized spacial score (nSPS) is 28.7. The third-order valence-corrected chi connectivity index (χ3v) is 12.1. The molecule has 0 aromatic heterocycles. The molecule has 0 amide bonds. The number of aliphatic hydroxyl groups is 1. The number of unbranched alkanes of at least 4 members (excludes halogenated alkanes) is 1. The van der Waals surface area contributed by atoms with Gasteiger partial charge in [-0.1, -0.05) is 32.9 Å². The van der Waals surface area contributed by atoms with Crippen molar-refractivity contribution in [2.45, 2.75) is 129 Å². The molecule has 0 aromatic carbocycles. The van der Waals surface area contributed by atoms with Crippen molar-refractivity contribution >= 4 is 14.3 Å². The summed E-state index contributed by atoms with van der Waals surface area (Å²) in [5.74, 6) is 0.100. The topological polar surface area (TPSA) is 74.2 Å². The van der Waals surface area contributed by atoms with E-state index in [1.54, 1.807) is 0 Å². The van der Waals surface area contributed by atoms with Crippen LogP contribution >= 0.6 is 0 Å². The van der Waals surface area contributed by atoms with Crippen molar-refractivity contribution in [1.82, 2.24) is 0 Å². The average Bonchev–Trinajstić information content (AvgIpc) is 3.02. The van der Waals surface area contributed by atoms with Gasteiger partial charge in [0.2, 0.25) is 0 Å². The molecule has 2 fully saturated rings. The molecule has 1 saturated heterocycles. The quantitative estimate of drug-likeness (QED) is 0.154. The number of ether oxygens (including phenoxy) is 3. The number of carbonyl (C=O) groups is 1. The Morgan fingerprint density at radius 2 is 1.91 bits per heavy atom. The van der Waals surface area contributed by atoms with Crippen molar-refractivity contribution < 1.29 is 28.5 Å². The fourth-order valence-corrected chi connectivity index (χ4v) is 5.50. The van der Waals surface area contributed by atoms with Gasteiger partial charge in [0.1, 0.15) is 0 Å². The molecule has 0 aromatic rings. The van der Waals surface area contributed by atoms with Crippen molar-refractivity contribution in [2.24, 2.45) is 11.8 Å². The highest BCUT2D eigenvalue weighted by Crippen LogP contribution is 2.42. The summed E-state index contributed by atoms with van der Waals surface area (Å²) >= 11 is 0. The summed E-state index contributed by atoms with van der Waals surface area (Å²) in [5, 5.41) is 11.1.